The molecule has 0 amide bonds. The largest absolute Gasteiger partial charge is 0.272 e. The third kappa shape index (κ3) is 1.12. The van der Waals surface area contributed by atoms with Crippen molar-refractivity contribution in [2.24, 2.45) is 7.05 Å². The molecule has 0 unspecified atom stereocenters. The topological polar surface area (TPSA) is 17.8 Å². The van der Waals surface area contributed by atoms with Gasteiger partial charge in [-0.1, -0.05) is 0 Å². The van der Waals surface area contributed by atoms with Crippen LogP contribution in [-0.2, 0) is 7.05 Å². The van der Waals surface area contributed by atoms with Crippen molar-refractivity contribution in [3.63, 3.8) is 0 Å². The van der Waals surface area contributed by atoms with Crippen molar-refractivity contribution < 1.29 is 0 Å². The minimum absolute atomic E-state index is 1.08. The van der Waals surface area contributed by atoms with Crippen molar-refractivity contribution in [2.75, 3.05) is 0 Å². The maximum absolute atomic E-state index is 4.37. The number of nitrogens with zero attached hydrogens (tertiary/aromatic N) is 2. The van der Waals surface area contributed by atoms with Gasteiger partial charge in [0.05, 0.1) is 5.52 Å². The Balaban J connectivity index is 2.88. The summed E-state index contributed by atoms with van der Waals surface area (Å²) in [6.45, 7) is 2.09. The first-order valence-electron chi connectivity index (χ1n) is 3.77. The van der Waals surface area contributed by atoms with Crippen LogP contribution in [0.2, 0.25) is 0 Å². The lowest BCUT2D eigenvalue weighted by Gasteiger charge is -1.92. The van der Waals surface area contributed by atoms with Crippen LogP contribution in [-0.4, -0.2) is 9.78 Å². The van der Waals surface area contributed by atoms with Gasteiger partial charge in [0.15, 0.2) is 0 Å². The molecule has 0 aliphatic heterocycles. The molecule has 62 valence electrons. The maximum Gasteiger partial charge on any atom is 0.0926 e. The fraction of sp³-hybridized carbons (Fsp3) is 0.222. The van der Waals surface area contributed by atoms with Crippen molar-refractivity contribution in [1.82, 2.24) is 9.78 Å². The predicted molar refractivity (Wildman–Crippen MR) is 58.2 cm³/mol. The third-order valence-electron chi connectivity index (χ3n) is 2.09. The number of aryl methyl sites for hydroxylation is 2. The van der Waals surface area contributed by atoms with Gasteiger partial charge in [-0.2, -0.15) is 5.10 Å². The zero-order valence-corrected chi connectivity index (χ0v) is 9.16. The lowest BCUT2D eigenvalue weighted by atomic mass is 10.2. The number of hydrogen-bond donors (Lipinski definition) is 0. The summed E-state index contributed by atoms with van der Waals surface area (Å²) in [6, 6.07) is 6.30. The molecule has 1 aromatic heterocycles. The highest BCUT2D eigenvalue weighted by Crippen LogP contribution is 2.19. The van der Waals surface area contributed by atoms with Gasteiger partial charge in [-0.05, 0) is 47.7 Å². The van der Waals surface area contributed by atoms with Crippen LogP contribution in [0.1, 0.15) is 5.69 Å². The second kappa shape index (κ2) is 2.73. The number of hydrogen-bond acceptors (Lipinski definition) is 1. The van der Waals surface area contributed by atoms with Gasteiger partial charge in [-0.15, -0.1) is 0 Å². The summed E-state index contributed by atoms with van der Waals surface area (Å²) < 4.78 is 3.18. The number of aromatic nitrogens is 2. The molecule has 0 atom stereocenters. The van der Waals surface area contributed by atoms with Crippen LogP contribution in [0, 0.1) is 10.5 Å². The molecule has 0 saturated heterocycles. The fourth-order valence-electron chi connectivity index (χ4n) is 1.30. The average molecular weight is 272 g/mol. The predicted octanol–water partition coefficient (Wildman–Crippen LogP) is 2.49. The molecule has 0 aliphatic carbocycles. The van der Waals surface area contributed by atoms with Gasteiger partial charge in [-0.25, -0.2) is 0 Å². The minimum atomic E-state index is 1.08. The van der Waals surface area contributed by atoms with E-state index in [1.807, 2.05) is 11.7 Å². The second-order valence-electron chi connectivity index (χ2n) is 2.87. The molecule has 3 heteroatoms. The van der Waals surface area contributed by atoms with E-state index in [1.54, 1.807) is 0 Å². The average Bonchev–Trinajstić information content (AvgIpc) is 2.31. The highest BCUT2D eigenvalue weighted by Gasteiger charge is 2.03. The molecule has 0 fully saturated rings. The Morgan fingerprint density at radius 3 is 2.92 bits per heavy atom. The van der Waals surface area contributed by atoms with Crippen molar-refractivity contribution in [3.05, 3.63) is 27.5 Å². The first kappa shape index (κ1) is 8.04. The van der Waals surface area contributed by atoms with Crippen LogP contribution in [0.5, 0.6) is 0 Å². The SMILES string of the molecule is Cc1c2cc(I)ccc2nn1C. The molecule has 0 aliphatic rings. The van der Waals surface area contributed by atoms with Gasteiger partial charge in [0, 0.05) is 21.7 Å². The van der Waals surface area contributed by atoms with Crippen LogP contribution in [0.25, 0.3) is 10.9 Å². The second-order valence-corrected chi connectivity index (χ2v) is 4.12. The molecule has 2 aromatic rings. The molecule has 1 aromatic carbocycles. The molecule has 0 saturated carbocycles. The van der Waals surface area contributed by atoms with Gasteiger partial charge in [-0.3, -0.25) is 4.68 Å². The molecule has 0 N–H and O–H groups in total. The van der Waals surface area contributed by atoms with Crippen LogP contribution in [0.15, 0.2) is 18.2 Å². The maximum atomic E-state index is 4.37. The summed E-state index contributed by atoms with van der Waals surface area (Å²) in [6.07, 6.45) is 0. The summed E-state index contributed by atoms with van der Waals surface area (Å²) in [5, 5.41) is 5.62. The lowest BCUT2D eigenvalue weighted by Crippen LogP contribution is -1.91. The minimum Gasteiger partial charge on any atom is -0.272 e. The Kier molecular flexibility index (Phi) is 1.83. The Morgan fingerprint density at radius 2 is 2.17 bits per heavy atom. The highest BCUT2D eigenvalue weighted by atomic mass is 127. The summed E-state index contributed by atoms with van der Waals surface area (Å²) in [7, 11) is 1.97. The summed E-state index contributed by atoms with van der Waals surface area (Å²) in [5.41, 5.74) is 2.30. The zero-order valence-electron chi connectivity index (χ0n) is 7.00. The molecule has 2 nitrogen and oxygen atoms in total. The Labute approximate surface area is 84.7 Å². The smallest absolute Gasteiger partial charge is 0.0926 e. The van der Waals surface area contributed by atoms with Crippen molar-refractivity contribution in [2.45, 2.75) is 6.92 Å². The van der Waals surface area contributed by atoms with Gasteiger partial charge in [0.2, 0.25) is 0 Å². The molecular weight excluding hydrogens is 263 g/mol. The molecule has 0 radical (unpaired) electrons. The van der Waals surface area contributed by atoms with E-state index in [1.165, 1.54) is 14.7 Å². The third-order valence-corrected chi connectivity index (χ3v) is 2.76. The number of benzene rings is 1. The monoisotopic (exact) mass is 272 g/mol. The van der Waals surface area contributed by atoms with E-state index in [9.17, 15) is 0 Å². The number of halogens is 1. The van der Waals surface area contributed by atoms with E-state index < -0.39 is 0 Å². The lowest BCUT2D eigenvalue weighted by molar-refractivity contribution is 0.751. The van der Waals surface area contributed by atoms with E-state index >= 15 is 0 Å². The van der Waals surface area contributed by atoms with Gasteiger partial charge < -0.3 is 0 Å². The van der Waals surface area contributed by atoms with E-state index in [2.05, 4.69) is 52.8 Å². The molecule has 12 heavy (non-hydrogen) atoms. The van der Waals surface area contributed by atoms with Crippen molar-refractivity contribution >= 4 is 33.5 Å². The van der Waals surface area contributed by atoms with Gasteiger partial charge in [0.25, 0.3) is 0 Å². The first-order valence-corrected chi connectivity index (χ1v) is 4.85. The summed E-state index contributed by atoms with van der Waals surface area (Å²) in [4.78, 5) is 0. The van der Waals surface area contributed by atoms with E-state index in [0.717, 1.165) is 5.52 Å². The number of rotatable bonds is 0. The first-order chi connectivity index (χ1) is 5.68. The van der Waals surface area contributed by atoms with Crippen molar-refractivity contribution in [1.29, 1.82) is 0 Å². The molecular formula is C9H9IN2. The van der Waals surface area contributed by atoms with E-state index in [0.29, 0.717) is 0 Å². The zero-order chi connectivity index (χ0) is 8.72. The van der Waals surface area contributed by atoms with Crippen LogP contribution >= 0.6 is 22.6 Å². The van der Waals surface area contributed by atoms with Crippen molar-refractivity contribution in [3.8, 4) is 0 Å². The quantitative estimate of drug-likeness (QED) is 0.674. The molecule has 1 heterocycles. The van der Waals surface area contributed by atoms with Crippen LogP contribution in [0.4, 0.5) is 0 Å². The normalized spacial score (nSPS) is 10.9. The fourth-order valence-corrected chi connectivity index (χ4v) is 1.79. The molecule has 2 rings (SSSR count). The van der Waals surface area contributed by atoms with Gasteiger partial charge >= 0.3 is 0 Å². The number of fused-ring (bicyclic) bond motifs is 1. The molecule has 0 bridgehead atoms. The Bertz CT molecular complexity index is 431. The van der Waals surface area contributed by atoms with E-state index in [4.69, 9.17) is 0 Å². The van der Waals surface area contributed by atoms with Gasteiger partial charge in [0.1, 0.15) is 0 Å². The summed E-state index contributed by atoms with van der Waals surface area (Å²) in [5.74, 6) is 0. The highest BCUT2D eigenvalue weighted by molar-refractivity contribution is 14.1. The Morgan fingerprint density at radius 1 is 1.42 bits per heavy atom. The summed E-state index contributed by atoms with van der Waals surface area (Å²) >= 11 is 2.32. The molecule has 0 spiro atoms. The Hall–Kier alpha value is -0.580. The van der Waals surface area contributed by atoms with E-state index in [-0.39, 0.29) is 0 Å². The van der Waals surface area contributed by atoms with Crippen LogP contribution < -0.4 is 0 Å². The van der Waals surface area contributed by atoms with Crippen LogP contribution in [0.3, 0.4) is 0 Å². The standard InChI is InChI=1S/C9H9IN2/c1-6-8-5-7(10)3-4-9(8)11-12(6)2/h3-5H,1-2H3.